The minimum absolute atomic E-state index is 0.0468. The zero-order valence-corrected chi connectivity index (χ0v) is 30.6. The lowest BCUT2D eigenvalue weighted by Gasteiger charge is -2.30. The highest BCUT2D eigenvalue weighted by Crippen LogP contribution is 2.44. The molecule has 1 fully saturated rings. The molecule has 4 aromatic rings. The molecule has 1 unspecified atom stereocenters. The molecule has 0 radical (unpaired) electrons. The SMILES string of the molecule is COc1cc(-c2nccc(-c3cccc4c3CCC[C@@H]4Nc3nc(OC)c(CNCC(C)O)cc3C(F)(F)F)c2Cl)ccc1CNC[C@H]1CCC(=O)N1. The Labute approximate surface area is 311 Å². The number of methoxy groups -OCH3 is 2. The number of nitrogens with one attached hydrogen (secondary N) is 4. The third-order valence-corrected chi connectivity index (χ3v) is 10.0. The van der Waals surface area contributed by atoms with Gasteiger partial charge in [0.15, 0.2) is 0 Å². The number of nitrogens with zero attached hydrogens (tertiary/aromatic N) is 2. The van der Waals surface area contributed by atoms with E-state index in [9.17, 15) is 23.1 Å². The van der Waals surface area contributed by atoms with Gasteiger partial charge in [-0.25, -0.2) is 0 Å². The maximum atomic E-state index is 14.4. The fourth-order valence-corrected chi connectivity index (χ4v) is 7.42. The highest BCUT2D eigenvalue weighted by Gasteiger charge is 2.37. The molecule has 0 spiro atoms. The van der Waals surface area contributed by atoms with Crippen molar-refractivity contribution in [2.45, 2.75) is 76.5 Å². The Morgan fingerprint density at radius 1 is 1.02 bits per heavy atom. The van der Waals surface area contributed by atoms with Crippen molar-refractivity contribution >= 4 is 23.3 Å². The number of aliphatic hydroxyl groups excluding tert-OH is 1. The van der Waals surface area contributed by atoms with Gasteiger partial charge in [0.2, 0.25) is 11.8 Å². The number of alkyl halides is 3. The molecule has 1 aliphatic carbocycles. The van der Waals surface area contributed by atoms with Gasteiger partial charge < -0.3 is 35.8 Å². The van der Waals surface area contributed by atoms with Gasteiger partial charge in [-0.2, -0.15) is 18.2 Å². The summed E-state index contributed by atoms with van der Waals surface area (Å²) < 4.78 is 54.5. The summed E-state index contributed by atoms with van der Waals surface area (Å²) in [7, 11) is 2.98. The maximum Gasteiger partial charge on any atom is 0.419 e. The number of rotatable bonds is 14. The Balaban J connectivity index is 1.27. The number of hydrogen-bond acceptors (Lipinski definition) is 9. The van der Waals surface area contributed by atoms with Crippen molar-refractivity contribution in [1.29, 1.82) is 0 Å². The van der Waals surface area contributed by atoms with Gasteiger partial charge in [-0.1, -0.05) is 41.9 Å². The van der Waals surface area contributed by atoms with E-state index in [2.05, 4.69) is 31.2 Å². The summed E-state index contributed by atoms with van der Waals surface area (Å²) in [5.41, 5.74) is 5.16. The first-order chi connectivity index (χ1) is 25.5. The second-order valence-electron chi connectivity index (χ2n) is 13.5. The molecule has 2 aliphatic rings. The van der Waals surface area contributed by atoms with E-state index < -0.39 is 23.9 Å². The first-order valence-corrected chi connectivity index (χ1v) is 18.1. The standard InChI is InChI=1S/C39H44ClF3N6O4/c1-22(50)18-44-20-25-16-31(39(41,42)43)37(49-38(25)53-3)48-32-9-5-7-27-28(6-4-8-29(27)32)30-14-15-46-36(35(30)40)23-10-11-24(33(17-23)52-2)19-45-21-26-12-13-34(51)47-26/h4,6,8,10-11,14-17,22,26,32,44-45,50H,5,7,9,12-13,18-21H2,1-3H3,(H,47,51)(H,48,49)/t22?,26-,32+/m1/s1. The third kappa shape index (κ3) is 8.86. The molecule has 3 heterocycles. The molecular weight excluding hydrogens is 709 g/mol. The predicted molar refractivity (Wildman–Crippen MR) is 198 cm³/mol. The average molecular weight is 753 g/mol. The topological polar surface area (TPSA) is 130 Å². The average Bonchev–Trinajstić information content (AvgIpc) is 3.56. The van der Waals surface area contributed by atoms with Gasteiger partial charge in [-0.15, -0.1) is 0 Å². The number of amides is 1. The number of anilines is 1. The van der Waals surface area contributed by atoms with Gasteiger partial charge in [0, 0.05) is 67.1 Å². The molecule has 6 rings (SSSR count). The third-order valence-electron chi connectivity index (χ3n) is 9.66. The van der Waals surface area contributed by atoms with Crippen LogP contribution in [0.1, 0.15) is 66.5 Å². The van der Waals surface area contributed by atoms with E-state index >= 15 is 0 Å². The summed E-state index contributed by atoms with van der Waals surface area (Å²) in [6.45, 7) is 3.06. The van der Waals surface area contributed by atoms with Gasteiger partial charge in [0.1, 0.15) is 11.6 Å². The van der Waals surface area contributed by atoms with E-state index in [1.54, 1.807) is 20.2 Å². The van der Waals surface area contributed by atoms with Gasteiger partial charge in [-0.05, 0) is 67.5 Å². The van der Waals surface area contributed by atoms with Crippen molar-refractivity contribution in [3.05, 3.63) is 87.6 Å². The second kappa shape index (κ2) is 16.7. The summed E-state index contributed by atoms with van der Waals surface area (Å²) in [4.78, 5) is 20.5. The van der Waals surface area contributed by atoms with Gasteiger partial charge in [0.05, 0.1) is 42.6 Å². The molecule has 3 atom stereocenters. The summed E-state index contributed by atoms with van der Waals surface area (Å²) >= 11 is 7.13. The normalized spacial score (nSPS) is 17.6. The molecule has 53 heavy (non-hydrogen) atoms. The number of carbonyl (C=O) groups is 1. The van der Waals surface area contributed by atoms with Crippen molar-refractivity contribution < 1.29 is 32.5 Å². The molecule has 10 nitrogen and oxygen atoms in total. The van der Waals surface area contributed by atoms with E-state index in [0.717, 1.165) is 52.3 Å². The smallest absolute Gasteiger partial charge is 0.419 e. The monoisotopic (exact) mass is 752 g/mol. The number of aliphatic hydroxyl groups is 1. The van der Waals surface area contributed by atoms with Crippen LogP contribution in [-0.4, -0.2) is 60.4 Å². The van der Waals surface area contributed by atoms with E-state index in [0.29, 0.717) is 48.8 Å². The minimum Gasteiger partial charge on any atom is -0.496 e. The first-order valence-electron chi connectivity index (χ1n) is 17.7. The Morgan fingerprint density at radius 2 is 1.83 bits per heavy atom. The molecule has 2 aromatic heterocycles. The zero-order chi connectivity index (χ0) is 37.7. The van der Waals surface area contributed by atoms with Crippen LogP contribution in [0.2, 0.25) is 5.02 Å². The van der Waals surface area contributed by atoms with E-state index in [1.165, 1.54) is 7.11 Å². The van der Waals surface area contributed by atoms with Crippen LogP contribution in [0, 0.1) is 0 Å². The Kier molecular flexibility index (Phi) is 12.1. The molecule has 0 bridgehead atoms. The van der Waals surface area contributed by atoms with Crippen LogP contribution in [0.4, 0.5) is 19.0 Å². The molecule has 14 heteroatoms. The van der Waals surface area contributed by atoms with Crippen molar-refractivity contribution in [2.24, 2.45) is 0 Å². The van der Waals surface area contributed by atoms with Crippen LogP contribution in [0.3, 0.4) is 0 Å². The maximum absolute atomic E-state index is 14.4. The summed E-state index contributed by atoms with van der Waals surface area (Å²) in [6.07, 6.45) is -0.218. The van der Waals surface area contributed by atoms with Crippen LogP contribution < -0.4 is 30.7 Å². The lowest BCUT2D eigenvalue weighted by atomic mass is 9.83. The Bertz CT molecular complexity index is 1940. The van der Waals surface area contributed by atoms with Gasteiger partial charge in [-0.3, -0.25) is 9.78 Å². The largest absolute Gasteiger partial charge is 0.496 e. The fraction of sp³-hybridized carbons (Fsp3) is 0.410. The van der Waals surface area contributed by atoms with Crippen LogP contribution >= 0.6 is 11.6 Å². The predicted octanol–water partition coefficient (Wildman–Crippen LogP) is 6.83. The number of ether oxygens (including phenoxy) is 2. The fourth-order valence-electron chi connectivity index (χ4n) is 7.10. The molecule has 1 aliphatic heterocycles. The zero-order valence-electron chi connectivity index (χ0n) is 29.9. The van der Waals surface area contributed by atoms with E-state index in [-0.39, 0.29) is 42.3 Å². The molecular formula is C39H44ClF3N6O4. The van der Waals surface area contributed by atoms with Gasteiger partial charge in [0.25, 0.3) is 0 Å². The van der Waals surface area contributed by atoms with Crippen LogP contribution in [0.25, 0.3) is 22.4 Å². The molecule has 2 aromatic carbocycles. The molecule has 282 valence electrons. The quantitative estimate of drug-likeness (QED) is 0.0942. The number of halogens is 4. The highest BCUT2D eigenvalue weighted by atomic mass is 35.5. The van der Waals surface area contributed by atoms with Gasteiger partial charge >= 0.3 is 6.18 Å². The molecule has 0 saturated carbocycles. The molecule has 5 N–H and O–H groups in total. The molecule has 1 saturated heterocycles. The second-order valence-corrected chi connectivity index (χ2v) is 13.9. The van der Waals surface area contributed by atoms with Crippen molar-refractivity contribution in [2.75, 3.05) is 32.6 Å². The number of aromatic nitrogens is 2. The number of carbonyl (C=O) groups excluding carboxylic acids is 1. The number of pyridine rings is 2. The van der Waals surface area contributed by atoms with Crippen LogP contribution in [0.5, 0.6) is 11.6 Å². The van der Waals surface area contributed by atoms with Crippen molar-refractivity contribution in [1.82, 2.24) is 25.9 Å². The van der Waals surface area contributed by atoms with Crippen LogP contribution in [0.15, 0.2) is 54.7 Å². The number of hydrogen-bond donors (Lipinski definition) is 5. The highest BCUT2D eigenvalue weighted by molar-refractivity contribution is 6.35. The van der Waals surface area contributed by atoms with E-state index in [1.807, 2.05) is 42.5 Å². The van der Waals surface area contributed by atoms with Crippen molar-refractivity contribution in [3.8, 4) is 34.0 Å². The summed E-state index contributed by atoms with van der Waals surface area (Å²) in [5.74, 6) is 0.516. The van der Waals surface area contributed by atoms with Crippen LogP contribution in [-0.2, 0) is 30.5 Å². The first kappa shape index (κ1) is 38.3. The molecule has 1 amide bonds. The number of fused-ring (bicyclic) bond motifs is 1. The Hall–Kier alpha value is -4.43. The van der Waals surface area contributed by atoms with Crippen molar-refractivity contribution in [3.63, 3.8) is 0 Å². The van der Waals surface area contributed by atoms with E-state index in [4.69, 9.17) is 21.1 Å². The minimum atomic E-state index is -4.67. The number of benzene rings is 2. The Morgan fingerprint density at radius 3 is 2.55 bits per heavy atom. The summed E-state index contributed by atoms with van der Waals surface area (Å²) in [5, 5.41) is 22.4. The lowest BCUT2D eigenvalue weighted by molar-refractivity contribution is -0.137. The lowest BCUT2D eigenvalue weighted by Crippen LogP contribution is -2.35. The summed E-state index contributed by atoms with van der Waals surface area (Å²) in [6, 6.07) is 14.2.